The first kappa shape index (κ1) is 12.5. The van der Waals surface area contributed by atoms with Gasteiger partial charge in [0.05, 0.1) is 6.26 Å². The monoisotopic (exact) mass is 268 g/mol. The zero-order valence-electron chi connectivity index (χ0n) is 11.3. The molecule has 0 aliphatic heterocycles. The molecule has 0 unspecified atom stereocenters. The van der Waals surface area contributed by atoms with E-state index in [-0.39, 0.29) is 5.91 Å². The van der Waals surface area contributed by atoms with Crippen molar-refractivity contribution in [3.63, 3.8) is 0 Å². The minimum atomic E-state index is -0.00647. The van der Waals surface area contributed by atoms with Gasteiger partial charge < -0.3 is 14.7 Å². The van der Waals surface area contributed by atoms with Crippen LogP contribution in [-0.4, -0.2) is 10.9 Å². The Morgan fingerprint density at radius 1 is 1.30 bits per heavy atom. The van der Waals surface area contributed by atoms with Crippen LogP contribution in [-0.2, 0) is 11.2 Å². The van der Waals surface area contributed by atoms with E-state index < -0.39 is 0 Å². The molecule has 0 aliphatic carbocycles. The Hall–Kier alpha value is -2.49. The number of hydrogen-bond acceptors (Lipinski definition) is 2. The largest absolute Gasteiger partial charge is 0.469 e. The average Bonchev–Trinajstić information content (AvgIpc) is 3.04. The highest BCUT2D eigenvalue weighted by Crippen LogP contribution is 2.20. The lowest BCUT2D eigenvalue weighted by molar-refractivity contribution is -0.116. The van der Waals surface area contributed by atoms with Crippen molar-refractivity contribution in [2.24, 2.45) is 0 Å². The van der Waals surface area contributed by atoms with E-state index in [4.69, 9.17) is 4.42 Å². The van der Waals surface area contributed by atoms with Gasteiger partial charge in [0.2, 0.25) is 5.91 Å². The topological polar surface area (TPSA) is 58.0 Å². The van der Waals surface area contributed by atoms with Crippen molar-refractivity contribution >= 4 is 22.5 Å². The predicted molar refractivity (Wildman–Crippen MR) is 78.7 cm³/mol. The van der Waals surface area contributed by atoms with Crippen molar-refractivity contribution in [2.45, 2.75) is 19.8 Å². The highest BCUT2D eigenvalue weighted by Gasteiger charge is 2.06. The minimum absolute atomic E-state index is 0.00647. The summed E-state index contributed by atoms with van der Waals surface area (Å²) in [5.74, 6) is 0.824. The molecule has 0 atom stereocenters. The Morgan fingerprint density at radius 2 is 2.20 bits per heavy atom. The lowest BCUT2D eigenvalue weighted by atomic mass is 10.2. The van der Waals surface area contributed by atoms with Gasteiger partial charge in [0.25, 0.3) is 0 Å². The molecule has 3 rings (SSSR count). The molecule has 2 aromatic heterocycles. The molecule has 102 valence electrons. The third-order valence-electron chi connectivity index (χ3n) is 3.22. The maximum absolute atomic E-state index is 11.9. The van der Waals surface area contributed by atoms with Crippen LogP contribution in [0.3, 0.4) is 0 Å². The number of aromatic nitrogens is 1. The van der Waals surface area contributed by atoms with Crippen LogP contribution in [0.25, 0.3) is 10.9 Å². The zero-order chi connectivity index (χ0) is 13.9. The molecule has 0 spiro atoms. The Bertz CT molecular complexity index is 726. The fourth-order valence-electron chi connectivity index (χ4n) is 2.27. The molecule has 4 heteroatoms. The number of rotatable bonds is 4. The van der Waals surface area contributed by atoms with Gasteiger partial charge in [-0.2, -0.15) is 0 Å². The molecule has 0 aliphatic rings. The summed E-state index contributed by atoms with van der Waals surface area (Å²) in [6.07, 6.45) is 2.65. The quantitative estimate of drug-likeness (QED) is 0.759. The van der Waals surface area contributed by atoms with Crippen molar-refractivity contribution in [1.82, 2.24) is 4.98 Å². The third-order valence-corrected chi connectivity index (χ3v) is 3.22. The number of benzene rings is 1. The Labute approximate surface area is 116 Å². The molecule has 1 aromatic carbocycles. The number of fused-ring (bicyclic) bond motifs is 1. The van der Waals surface area contributed by atoms with Crippen LogP contribution >= 0.6 is 0 Å². The first-order valence-corrected chi connectivity index (χ1v) is 6.62. The number of carbonyl (C=O) groups excluding carboxylic acids is 1. The fraction of sp³-hybridized carbons (Fsp3) is 0.188. The van der Waals surface area contributed by atoms with E-state index >= 15 is 0 Å². The molecule has 2 N–H and O–H groups in total. The number of H-pyrrole nitrogens is 1. The van der Waals surface area contributed by atoms with E-state index in [0.717, 1.165) is 28.0 Å². The first-order chi connectivity index (χ1) is 9.70. The van der Waals surface area contributed by atoms with Gasteiger partial charge in [0.15, 0.2) is 0 Å². The average molecular weight is 268 g/mol. The van der Waals surface area contributed by atoms with Crippen molar-refractivity contribution in [3.05, 3.63) is 54.1 Å². The minimum Gasteiger partial charge on any atom is -0.469 e. The summed E-state index contributed by atoms with van der Waals surface area (Å²) >= 11 is 0. The molecule has 0 fully saturated rings. The highest BCUT2D eigenvalue weighted by molar-refractivity contribution is 5.94. The molecular formula is C16H16N2O2. The molecule has 0 radical (unpaired) electrons. The summed E-state index contributed by atoms with van der Waals surface area (Å²) < 4.78 is 5.21. The van der Waals surface area contributed by atoms with E-state index in [0.29, 0.717) is 12.8 Å². The van der Waals surface area contributed by atoms with Crippen LogP contribution in [0.15, 0.2) is 47.1 Å². The van der Waals surface area contributed by atoms with E-state index in [1.807, 2.05) is 37.3 Å². The van der Waals surface area contributed by atoms with E-state index in [1.165, 1.54) is 0 Å². The SMILES string of the molecule is Cc1cc2cc(NC(=O)CCc3ccco3)ccc2[nH]1. The molecule has 0 bridgehead atoms. The van der Waals surface area contributed by atoms with Crippen LogP contribution in [0.5, 0.6) is 0 Å². The van der Waals surface area contributed by atoms with E-state index in [2.05, 4.69) is 16.4 Å². The Kier molecular flexibility index (Phi) is 3.29. The molecule has 2 heterocycles. The standard InChI is InChI=1S/C16H16N2O2/c1-11-9-12-10-13(4-6-15(12)17-11)18-16(19)7-5-14-3-2-8-20-14/h2-4,6,8-10,17H,5,7H2,1H3,(H,18,19). The van der Waals surface area contributed by atoms with Gasteiger partial charge in [-0.3, -0.25) is 4.79 Å². The van der Waals surface area contributed by atoms with Crippen LogP contribution < -0.4 is 5.32 Å². The Balaban J connectivity index is 1.64. The number of amides is 1. The van der Waals surface area contributed by atoms with Gasteiger partial charge >= 0.3 is 0 Å². The number of nitrogens with one attached hydrogen (secondary N) is 2. The van der Waals surface area contributed by atoms with Gasteiger partial charge in [-0.15, -0.1) is 0 Å². The van der Waals surface area contributed by atoms with Gasteiger partial charge in [-0.25, -0.2) is 0 Å². The molecule has 20 heavy (non-hydrogen) atoms. The van der Waals surface area contributed by atoms with Crippen molar-refractivity contribution < 1.29 is 9.21 Å². The molecule has 0 saturated heterocycles. The number of anilines is 1. The lowest BCUT2D eigenvalue weighted by Gasteiger charge is -2.04. The third kappa shape index (κ3) is 2.74. The van der Waals surface area contributed by atoms with Crippen molar-refractivity contribution in [2.75, 3.05) is 5.32 Å². The first-order valence-electron chi connectivity index (χ1n) is 6.62. The summed E-state index contributed by atoms with van der Waals surface area (Å²) in [7, 11) is 0. The summed E-state index contributed by atoms with van der Waals surface area (Å²) in [5, 5.41) is 4.01. The number of carbonyl (C=O) groups is 1. The Morgan fingerprint density at radius 3 is 3.00 bits per heavy atom. The van der Waals surface area contributed by atoms with Crippen molar-refractivity contribution in [1.29, 1.82) is 0 Å². The predicted octanol–water partition coefficient (Wildman–Crippen LogP) is 3.64. The second-order valence-electron chi connectivity index (χ2n) is 4.88. The van der Waals surface area contributed by atoms with Gasteiger partial charge in [-0.1, -0.05) is 0 Å². The molecule has 0 saturated carbocycles. The summed E-state index contributed by atoms with van der Waals surface area (Å²) in [4.78, 5) is 15.1. The smallest absolute Gasteiger partial charge is 0.224 e. The van der Waals surface area contributed by atoms with Crippen LogP contribution in [0.1, 0.15) is 17.9 Å². The van der Waals surface area contributed by atoms with Gasteiger partial charge in [0, 0.05) is 35.1 Å². The second-order valence-corrected chi connectivity index (χ2v) is 4.88. The summed E-state index contributed by atoms with van der Waals surface area (Å²) in [6, 6.07) is 11.6. The maximum atomic E-state index is 11.9. The molecule has 4 nitrogen and oxygen atoms in total. The molecule has 3 aromatic rings. The number of aryl methyl sites for hydroxylation is 2. The van der Waals surface area contributed by atoms with E-state index in [1.54, 1.807) is 6.26 Å². The number of furan rings is 1. The summed E-state index contributed by atoms with van der Waals surface area (Å²) in [5.41, 5.74) is 3.01. The van der Waals surface area contributed by atoms with Crippen LogP contribution in [0, 0.1) is 6.92 Å². The summed E-state index contributed by atoms with van der Waals surface area (Å²) in [6.45, 7) is 2.02. The van der Waals surface area contributed by atoms with Gasteiger partial charge in [-0.05, 0) is 43.3 Å². The van der Waals surface area contributed by atoms with Crippen LogP contribution in [0.4, 0.5) is 5.69 Å². The molecule has 1 amide bonds. The normalized spacial score (nSPS) is 10.8. The zero-order valence-corrected chi connectivity index (χ0v) is 11.3. The number of hydrogen-bond donors (Lipinski definition) is 2. The van der Waals surface area contributed by atoms with E-state index in [9.17, 15) is 4.79 Å². The second kappa shape index (κ2) is 5.25. The fourth-order valence-corrected chi connectivity index (χ4v) is 2.27. The highest BCUT2D eigenvalue weighted by atomic mass is 16.3. The lowest BCUT2D eigenvalue weighted by Crippen LogP contribution is -2.12. The van der Waals surface area contributed by atoms with Crippen molar-refractivity contribution in [3.8, 4) is 0 Å². The molecular weight excluding hydrogens is 252 g/mol. The van der Waals surface area contributed by atoms with Gasteiger partial charge in [0.1, 0.15) is 5.76 Å². The number of aromatic amines is 1. The maximum Gasteiger partial charge on any atom is 0.224 e. The van der Waals surface area contributed by atoms with Crippen LogP contribution in [0.2, 0.25) is 0 Å².